The Hall–Kier alpha value is -5.12. The number of fused-ring (bicyclic) bond motifs is 1. The molecular weight excluding hydrogens is 708 g/mol. The number of aromatic hydroxyl groups is 1. The van der Waals surface area contributed by atoms with Crippen LogP contribution in [0.25, 0.3) is 0 Å². The Bertz CT molecular complexity index is 1870. The van der Waals surface area contributed by atoms with Gasteiger partial charge in [0.05, 0.1) is 25.3 Å². The molecule has 3 atom stereocenters. The number of likely N-dealkylation sites (N-methyl/N-ethyl adjacent to an activating group) is 1. The van der Waals surface area contributed by atoms with E-state index in [4.69, 9.17) is 4.98 Å². The van der Waals surface area contributed by atoms with Crippen LogP contribution in [0.2, 0.25) is 0 Å². The third kappa shape index (κ3) is 8.00. The number of aromatic nitrogens is 1. The number of nitrogens with zero attached hydrogens (tertiary/aromatic N) is 8. The van der Waals surface area contributed by atoms with Crippen LogP contribution in [0, 0.1) is 11.6 Å². The molecule has 4 fully saturated rings. The highest BCUT2D eigenvalue weighted by molar-refractivity contribution is 5.91. The highest BCUT2D eigenvalue weighted by Gasteiger charge is 2.51. The molecule has 4 aliphatic heterocycles. The van der Waals surface area contributed by atoms with Crippen molar-refractivity contribution in [3.63, 3.8) is 0 Å². The van der Waals surface area contributed by atoms with Crippen molar-refractivity contribution in [1.29, 1.82) is 0 Å². The van der Waals surface area contributed by atoms with E-state index < -0.39 is 59.4 Å². The van der Waals surface area contributed by atoms with Crippen molar-refractivity contribution in [2.24, 2.45) is 0 Å². The van der Waals surface area contributed by atoms with E-state index in [9.17, 15) is 19.5 Å². The van der Waals surface area contributed by atoms with Gasteiger partial charge in [-0.2, -0.15) is 0 Å². The Morgan fingerprint density at radius 1 is 1.02 bits per heavy atom. The van der Waals surface area contributed by atoms with Crippen LogP contribution < -0.4 is 10.2 Å². The fraction of sp³-hybridized carbons (Fsp3) is 0.450. The summed E-state index contributed by atoms with van der Waals surface area (Å²) in [5.41, 5.74) is 1.01. The van der Waals surface area contributed by atoms with Crippen molar-refractivity contribution in [2.75, 3.05) is 63.8 Å². The number of rotatable bonds is 11. The maximum atomic E-state index is 15.2. The molecule has 2 aromatic carbocycles. The summed E-state index contributed by atoms with van der Waals surface area (Å²) >= 11 is 0. The number of carbonyl (C=O) groups excluding carboxylic acids is 3. The number of pyridine rings is 1. The zero-order valence-corrected chi connectivity index (χ0v) is 31.4. The molecule has 292 valence electrons. The Morgan fingerprint density at radius 2 is 1.76 bits per heavy atom. The number of anilines is 1. The zero-order chi connectivity index (χ0) is 38.8. The van der Waals surface area contributed by atoms with Crippen LogP contribution >= 0.6 is 0 Å². The molecule has 0 spiro atoms. The Morgan fingerprint density at radius 3 is 2.45 bits per heavy atom. The molecule has 15 heteroatoms. The number of nitrogens with one attached hydrogen (secondary N) is 1. The molecule has 0 radical (unpaired) electrons. The number of hydrazine groups is 1. The van der Waals surface area contributed by atoms with Gasteiger partial charge in [0.25, 0.3) is 0 Å². The lowest BCUT2D eigenvalue weighted by atomic mass is 9.97. The minimum Gasteiger partial charge on any atom is -0.508 e. The van der Waals surface area contributed by atoms with Gasteiger partial charge in [-0.05, 0) is 31.2 Å². The number of phenols is 1. The van der Waals surface area contributed by atoms with Crippen molar-refractivity contribution >= 4 is 23.7 Å². The van der Waals surface area contributed by atoms with Gasteiger partial charge < -0.3 is 25.1 Å². The molecule has 4 saturated heterocycles. The lowest BCUT2D eigenvalue weighted by molar-refractivity contribution is -0.189. The third-order valence-corrected chi connectivity index (χ3v) is 11.2. The van der Waals surface area contributed by atoms with Gasteiger partial charge in [0.15, 0.2) is 0 Å². The summed E-state index contributed by atoms with van der Waals surface area (Å²) in [6.45, 7) is 14.2. The molecule has 4 aliphatic rings. The summed E-state index contributed by atoms with van der Waals surface area (Å²) < 4.78 is 30.4. The molecule has 2 unspecified atom stereocenters. The number of piperazine rings is 2. The van der Waals surface area contributed by atoms with Gasteiger partial charge in [0, 0.05) is 82.0 Å². The SMILES string of the molecule is C=CCN1CC(=O)N2C(Cc3c(F)cc(O)cc3F)C(=O)N(Cc3cccc(N4CC(N5CCN(CC)[C@H](C)C5)C4)n3)CC2N1C(=O)NCc1ccccc1. The summed E-state index contributed by atoms with van der Waals surface area (Å²) in [6.07, 6.45) is 0.0501. The summed E-state index contributed by atoms with van der Waals surface area (Å²) in [5.74, 6) is -2.91. The number of amides is 4. The van der Waals surface area contributed by atoms with Crippen LogP contribution in [0.1, 0.15) is 30.7 Å². The summed E-state index contributed by atoms with van der Waals surface area (Å²) in [7, 11) is 0. The monoisotopic (exact) mass is 757 g/mol. The summed E-state index contributed by atoms with van der Waals surface area (Å²) in [6, 6.07) is 15.6. The van der Waals surface area contributed by atoms with Crippen molar-refractivity contribution < 1.29 is 28.3 Å². The molecule has 4 amide bonds. The predicted molar refractivity (Wildman–Crippen MR) is 202 cm³/mol. The first-order valence-corrected chi connectivity index (χ1v) is 19.0. The fourth-order valence-corrected chi connectivity index (χ4v) is 8.30. The number of phenolic OH excluding ortho intramolecular Hbond substituents is 1. The van der Waals surface area contributed by atoms with Crippen LogP contribution in [-0.2, 0) is 29.1 Å². The normalized spacial score (nSPS) is 22.8. The van der Waals surface area contributed by atoms with E-state index in [1.165, 1.54) is 14.8 Å². The second-order valence-corrected chi connectivity index (χ2v) is 14.8. The van der Waals surface area contributed by atoms with E-state index in [-0.39, 0.29) is 32.7 Å². The highest BCUT2D eigenvalue weighted by Crippen LogP contribution is 2.32. The second-order valence-electron chi connectivity index (χ2n) is 14.8. The third-order valence-electron chi connectivity index (χ3n) is 11.2. The van der Waals surface area contributed by atoms with Gasteiger partial charge in [0.2, 0.25) is 11.8 Å². The fourth-order valence-electron chi connectivity index (χ4n) is 8.30. The topological polar surface area (TPSA) is 119 Å². The summed E-state index contributed by atoms with van der Waals surface area (Å²) in [5, 5.41) is 15.7. The van der Waals surface area contributed by atoms with E-state index in [2.05, 4.69) is 40.4 Å². The number of halogens is 2. The van der Waals surface area contributed by atoms with E-state index in [0.29, 0.717) is 17.8 Å². The minimum absolute atomic E-state index is 0.0386. The van der Waals surface area contributed by atoms with Crippen molar-refractivity contribution in [2.45, 2.75) is 57.6 Å². The lowest BCUT2D eigenvalue weighted by Crippen LogP contribution is -2.76. The van der Waals surface area contributed by atoms with Crippen LogP contribution in [0.4, 0.5) is 19.4 Å². The first-order valence-electron chi connectivity index (χ1n) is 19.0. The minimum atomic E-state index is -1.36. The van der Waals surface area contributed by atoms with Crippen molar-refractivity contribution in [3.05, 3.63) is 102 Å². The van der Waals surface area contributed by atoms with Gasteiger partial charge in [-0.3, -0.25) is 19.4 Å². The average Bonchev–Trinajstić information content (AvgIpc) is 3.13. The molecule has 0 aliphatic carbocycles. The lowest BCUT2D eigenvalue weighted by Gasteiger charge is -2.55. The summed E-state index contributed by atoms with van der Waals surface area (Å²) in [4.78, 5) is 57.4. The number of hydrogen-bond acceptors (Lipinski definition) is 9. The maximum Gasteiger partial charge on any atom is 0.334 e. The van der Waals surface area contributed by atoms with Crippen LogP contribution in [0.3, 0.4) is 0 Å². The predicted octanol–water partition coefficient (Wildman–Crippen LogP) is 3.02. The van der Waals surface area contributed by atoms with Gasteiger partial charge in [-0.1, -0.05) is 49.4 Å². The van der Waals surface area contributed by atoms with E-state index in [0.717, 1.165) is 62.8 Å². The molecular formula is C40H49F2N9O4. The Kier molecular flexibility index (Phi) is 11.3. The Balaban J connectivity index is 1.15. The number of urea groups is 1. The smallest absolute Gasteiger partial charge is 0.334 e. The molecule has 13 nitrogen and oxygen atoms in total. The van der Waals surface area contributed by atoms with Crippen LogP contribution in [0.15, 0.2) is 73.3 Å². The molecule has 0 bridgehead atoms. The molecule has 55 heavy (non-hydrogen) atoms. The van der Waals surface area contributed by atoms with Gasteiger partial charge in [-0.25, -0.2) is 28.6 Å². The zero-order valence-electron chi connectivity index (χ0n) is 31.4. The van der Waals surface area contributed by atoms with Crippen molar-refractivity contribution in [1.82, 2.24) is 39.9 Å². The highest BCUT2D eigenvalue weighted by atomic mass is 19.1. The van der Waals surface area contributed by atoms with Gasteiger partial charge >= 0.3 is 6.03 Å². The average molecular weight is 758 g/mol. The van der Waals surface area contributed by atoms with E-state index in [1.807, 2.05) is 48.5 Å². The maximum absolute atomic E-state index is 15.2. The molecule has 7 rings (SSSR count). The number of hydrogen-bond donors (Lipinski definition) is 2. The molecule has 0 saturated carbocycles. The number of benzene rings is 2. The molecule has 5 heterocycles. The first kappa shape index (κ1) is 38.2. The number of carbonyl (C=O) groups is 3. The van der Waals surface area contributed by atoms with E-state index >= 15 is 8.78 Å². The second kappa shape index (κ2) is 16.3. The van der Waals surface area contributed by atoms with Gasteiger partial charge in [-0.15, -0.1) is 6.58 Å². The van der Waals surface area contributed by atoms with Crippen LogP contribution in [-0.4, -0.2) is 141 Å². The largest absolute Gasteiger partial charge is 0.508 e. The molecule has 3 aromatic rings. The van der Waals surface area contributed by atoms with E-state index in [1.54, 1.807) is 11.1 Å². The van der Waals surface area contributed by atoms with Gasteiger partial charge in [0.1, 0.15) is 35.4 Å². The molecule has 2 N–H and O–H groups in total. The Labute approximate surface area is 320 Å². The quantitative estimate of drug-likeness (QED) is 0.285. The standard InChI is InChI=1S/C40H49F2N9O4/c1-4-14-49-26-38(53)50-35(19-32-33(41)17-31(52)18-34(32)42)39(54)48(25-37(50)51(49)40(55)43-20-28-10-7-6-8-11-28)22-29-12-9-13-36(44-29)47-23-30(24-47)46-16-15-45(5-2)27(3)21-46/h4,6-13,17-18,27,30,35,37,52H,1,5,14-16,19-26H2,2-3H3,(H,43,55)/t27-,35?,37?/m1/s1. The first-order chi connectivity index (χ1) is 26.5. The van der Waals surface area contributed by atoms with Crippen molar-refractivity contribution in [3.8, 4) is 5.75 Å². The van der Waals surface area contributed by atoms with Crippen LogP contribution in [0.5, 0.6) is 5.75 Å². The molecule has 1 aromatic heterocycles.